The smallest absolute Gasteiger partial charge is 0.255 e. The molecule has 0 N–H and O–H groups in total. The maximum atomic E-state index is 13.1. The maximum Gasteiger partial charge on any atom is 0.255 e. The maximum absolute atomic E-state index is 13.1. The van der Waals surface area contributed by atoms with Crippen LogP contribution >= 0.6 is 0 Å². The van der Waals surface area contributed by atoms with Crippen molar-refractivity contribution in [3.8, 4) is 0 Å². The summed E-state index contributed by atoms with van der Waals surface area (Å²) >= 11 is 0. The van der Waals surface area contributed by atoms with Crippen LogP contribution < -0.4 is 4.90 Å². The van der Waals surface area contributed by atoms with Crippen LogP contribution in [0.4, 0.5) is 5.69 Å². The van der Waals surface area contributed by atoms with E-state index in [1.165, 1.54) is 0 Å². The van der Waals surface area contributed by atoms with E-state index in [1.54, 1.807) is 0 Å². The molecule has 1 fully saturated rings. The van der Waals surface area contributed by atoms with Crippen molar-refractivity contribution in [1.29, 1.82) is 0 Å². The number of ether oxygens (including phenoxy) is 1. The third-order valence-corrected chi connectivity index (χ3v) is 5.40. The van der Waals surface area contributed by atoms with Crippen LogP contribution in [-0.2, 0) is 17.7 Å². The van der Waals surface area contributed by atoms with Crippen molar-refractivity contribution in [2.45, 2.75) is 19.4 Å². The topological polar surface area (TPSA) is 50.6 Å². The molecule has 1 aromatic carbocycles. The molecule has 0 aliphatic carbocycles. The summed E-state index contributed by atoms with van der Waals surface area (Å²) in [7, 11) is 1.92. The first-order valence-corrected chi connectivity index (χ1v) is 9.39. The van der Waals surface area contributed by atoms with Gasteiger partial charge in [-0.2, -0.15) is 0 Å². The molecule has 1 atom stereocenters. The van der Waals surface area contributed by atoms with E-state index in [4.69, 9.17) is 4.74 Å². The van der Waals surface area contributed by atoms with Crippen LogP contribution in [0.15, 0.2) is 36.7 Å². The quantitative estimate of drug-likeness (QED) is 0.843. The number of anilines is 1. The summed E-state index contributed by atoms with van der Waals surface area (Å²) in [5, 5.41) is 0. The molecule has 0 radical (unpaired) electrons. The zero-order valence-electron chi connectivity index (χ0n) is 15.3. The van der Waals surface area contributed by atoms with Crippen LogP contribution in [0.25, 0.3) is 0 Å². The van der Waals surface area contributed by atoms with Gasteiger partial charge in [0.25, 0.3) is 5.91 Å². The van der Waals surface area contributed by atoms with E-state index < -0.39 is 0 Å². The lowest BCUT2D eigenvalue weighted by Crippen LogP contribution is -2.39. The van der Waals surface area contributed by atoms with Gasteiger partial charge in [-0.15, -0.1) is 0 Å². The fourth-order valence-corrected chi connectivity index (χ4v) is 4.00. The molecule has 0 spiro atoms. The first-order chi connectivity index (χ1) is 12.7. The number of imidazole rings is 1. The SMILES string of the molecule is CN(CC1CCc2nccn2C1)C(=O)c1ccccc1N1CCOCC1. The monoisotopic (exact) mass is 354 g/mol. The van der Waals surface area contributed by atoms with Gasteiger partial charge in [0.15, 0.2) is 0 Å². The second-order valence-corrected chi connectivity index (χ2v) is 7.20. The number of aromatic nitrogens is 2. The van der Waals surface area contributed by atoms with Crippen molar-refractivity contribution in [3.63, 3.8) is 0 Å². The fraction of sp³-hybridized carbons (Fsp3) is 0.500. The standard InChI is InChI=1S/C20H26N4O2/c1-22(14-16-6-7-19-21-8-9-24(19)15-16)20(25)17-4-2-3-5-18(17)23-10-12-26-13-11-23/h2-5,8-9,16H,6-7,10-15H2,1H3. The Labute approximate surface area is 154 Å². The summed E-state index contributed by atoms with van der Waals surface area (Å²) in [6.07, 6.45) is 5.98. The molecule has 0 saturated carbocycles. The highest BCUT2D eigenvalue weighted by Gasteiger charge is 2.25. The van der Waals surface area contributed by atoms with Crippen molar-refractivity contribution in [2.75, 3.05) is 44.8 Å². The van der Waals surface area contributed by atoms with Gasteiger partial charge in [-0.05, 0) is 24.5 Å². The first-order valence-electron chi connectivity index (χ1n) is 9.39. The van der Waals surface area contributed by atoms with Gasteiger partial charge in [0.05, 0.1) is 18.8 Å². The average molecular weight is 354 g/mol. The number of hydrogen-bond acceptors (Lipinski definition) is 4. The van der Waals surface area contributed by atoms with Gasteiger partial charge < -0.3 is 19.1 Å². The number of nitrogens with zero attached hydrogens (tertiary/aromatic N) is 4. The zero-order chi connectivity index (χ0) is 17.9. The van der Waals surface area contributed by atoms with Gasteiger partial charge in [-0.3, -0.25) is 4.79 Å². The molecule has 2 aliphatic heterocycles. The number of morpholine rings is 1. The van der Waals surface area contributed by atoms with Gasteiger partial charge in [-0.25, -0.2) is 4.98 Å². The largest absolute Gasteiger partial charge is 0.378 e. The lowest BCUT2D eigenvalue weighted by atomic mass is 9.98. The Morgan fingerprint density at radius 1 is 1.31 bits per heavy atom. The minimum absolute atomic E-state index is 0.100. The number of amides is 1. The van der Waals surface area contributed by atoms with Crippen LogP contribution in [0.1, 0.15) is 22.6 Å². The summed E-state index contributed by atoms with van der Waals surface area (Å²) in [6.45, 7) is 4.81. The van der Waals surface area contributed by atoms with E-state index in [-0.39, 0.29) is 5.91 Å². The number of aryl methyl sites for hydroxylation is 1. The number of fused-ring (bicyclic) bond motifs is 1. The van der Waals surface area contributed by atoms with E-state index in [0.29, 0.717) is 19.1 Å². The second-order valence-electron chi connectivity index (χ2n) is 7.20. The minimum atomic E-state index is 0.100. The van der Waals surface area contributed by atoms with Crippen molar-refractivity contribution in [3.05, 3.63) is 48.0 Å². The Morgan fingerprint density at radius 2 is 2.12 bits per heavy atom. The molecule has 2 aliphatic rings. The highest BCUT2D eigenvalue weighted by atomic mass is 16.5. The van der Waals surface area contributed by atoms with Crippen molar-refractivity contribution in [1.82, 2.24) is 14.5 Å². The Morgan fingerprint density at radius 3 is 2.96 bits per heavy atom. The number of rotatable bonds is 4. The Hall–Kier alpha value is -2.34. The van der Waals surface area contributed by atoms with Gasteiger partial charge in [-0.1, -0.05) is 12.1 Å². The van der Waals surface area contributed by atoms with Gasteiger partial charge >= 0.3 is 0 Å². The molecule has 26 heavy (non-hydrogen) atoms. The fourth-order valence-electron chi connectivity index (χ4n) is 4.00. The van der Waals surface area contributed by atoms with Crippen LogP contribution in [0.2, 0.25) is 0 Å². The normalized spacial score (nSPS) is 19.9. The number of carbonyl (C=O) groups is 1. The van der Waals surface area contributed by atoms with Gasteiger partial charge in [0.2, 0.25) is 0 Å². The molecule has 1 amide bonds. The van der Waals surface area contributed by atoms with E-state index in [9.17, 15) is 4.79 Å². The first kappa shape index (κ1) is 17.1. The van der Waals surface area contributed by atoms with Crippen molar-refractivity contribution >= 4 is 11.6 Å². The Balaban J connectivity index is 1.46. The summed E-state index contributed by atoms with van der Waals surface area (Å²) in [4.78, 5) is 21.6. The molecular formula is C20H26N4O2. The highest BCUT2D eigenvalue weighted by Crippen LogP contribution is 2.24. The molecule has 3 heterocycles. The molecule has 4 rings (SSSR count). The third kappa shape index (κ3) is 3.46. The van der Waals surface area contributed by atoms with E-state index in [2.05, 4.69) is 14.5 Å². The molecule has 1 unspecified atom stereocenters. The average Bonchev–Trinajstić information content (AvgIpc) is 3.16. The number of carbonyl (C=O) groups excluding carboxylic acids is 1. The lowest BCUT2D eigenvalue weighted by Gasteiger charge is -2.32. The van der Waals surface area contributed by atoms with Gasteiger partial charge in [0, 0.05) is 57.7 Å². The minimum Gasteiger partial charge on any atom is -0.378 e. The van der Waals surface area contributed by atoms with Crippen molar-refractivity contribution < 1.29 is 9.53 Å². The predicted molar refractivity (Wildman–Crippen MR) is 100 cm³/mol. The summed E-state index contributed by atoms with van der Waals surface area (Å²) in [6, 6.07) is 7.94. The molecule has 2 aromatic rings. The van der Waals surface area contributed by atoms with E-state index in [1.807, 2.05) is 48.6 Å². The highest BCUT2D eigenvalue weighted by molar-refractivity contribution is 5.99. The summed E-state index contributed by atoms with van der Waals surface area (Å²) in [5.74, 6) is 1.73. The molecular weight excluding hydrogens is 328 g/mol. The number of benzene rings is 1. The molecule has 0 bridgehead atoms. The van der Waals surface area contributed by atoms with E-state index in [0.717, 1.165) is 56.1 Å². The zero-order valence-corrected chi connectivity index (χ0v) is 15.3. The van der Waals surface area contributed by atoms with Crippen LogP contribution in [0.3, 0.4) is 0 Å². The molecule has 1 aromatic heterocycles. The second kappa shape index (κ2) is 7.50. The van der Waals surface area contributed by atoms with Gasteiger partial charge in [0.1, 0.15) is 5.82 Å². The Kier molecular flexibility index (Phi) is 4.93. The summed E-state index contributed by atoms with van der Waals surface area (Å²) < 4.78 is 7.66. The predicted octanol–water partition coefficient (Wildman–Crippen LogP) is 2.05. The van der Waals surface area contributed by atoms with Crippen LogP contribution in [0, 0.1) is 5.92 Å². The Bertz CT molecular complexity index is 767. The third-order valence-electron chi connectivity index (χ3n) is 5.40. The number of para-hydroxylation sites is 1. The van der Waals surface area contributed by atoms with Crippen LogP contribution in [0.5, 0.6) is 0 Å². The molecule has 138 valence electrons. The lowest BCUT2D eigenvalue weighted by molar-refractivity contribution is 0.0760. The van der Waals surface area contributed by atoms with Crippen LogP contribution in [-0.4, -0.2) is 60.3 Å². The van der Waals surface area contributed by atoms with Crippen molar-refractivity contribution in [2.24, 2.45) is 5.92 Å². The number of hydrogen-bond donors (Lipinski definition) is 0. The molecule has 6 nitrogen and oxygen atoms in total. The molecule has 6 heteroatoms. The molecule has 1 saturated heterocycles. The summed E-state index contributed by atoms with van der Waals surface area (Å²) in [5.41, 5.74) is 1.81. The van der Waals surface area contributed by atoms with E-state index >= 15 is 0 Å².